The Hall–Kier alpha value is -2.64. The highest BCUT2D eigenvalue weighted by atomic mass is 32.2. The summed E-state index contributed by atoms with van der Waals surface area (Å²) in [6, 6.07) is 17.5. The third-order valence-electron chi connectivity index (χ3n) is 3.54. The predicted octanol–water partition coefficient (Wildman–Crippen LogP) is 4.79. The van der Waals surface area contributed by atoms with Gasteiger partial charge in [0.1, 0.15) is 18.6 Å². The highest BCUT2D eigenvalue weighted by Gasteiger charge is 2.11. The second kappa shape index (κ2) is 7.72. The van der Waals surface area contributed by atoms with E-state index >= 15 is 0 Å². The topological polar surface area (TPSA) is 65.2 Å². The van der Waals surface area contributed by atoms with Gasteiger partial charge in [-0.15, -0.1) is 11.3 Å². The summed E-state index contributed by atoms with van der Waals surface area (Å²) in [5, 5.41) is 0. The van der Waals surface area contributed by atoms with Gasteiger partial charge in [-0.2, -0.15) is 0 Å². The molecule has 0 amide bonds. The van der Waals surface area contributed by atoms with Crippen molar-refractivity contribution >= 4 is 39.3 Å². The maximum absolute atomic E-state index is 12.0. The quantitative estimate of drug-likeness (QED) is 0.353. The number of thioether (sulfide) groups is 1. The highest BCUT2D eigenvalue weighted by Crippen LogP contribution is 2.29. The molecule has 130 valence electrons. The number of rotatable bonds is 6. The lowest BCUT2D eigenvalue weighted by Gasteiger charge is -2.00. The molecule has 0 radical (unpaired) electrons. The van der Waals surface area contributed by atoms with Crippen LogP contribution in [0, 0.1) is 0 Å². The summed E-state index contributed by atoms with van der Waals surface area (Å²) in [4.78, 5) is 20.8. The Labute approximate surface area is 158 Å². The number of hydrogen-bond donors (Lipinski definition) is 0. The molecule has 0 unspecified atom stereocenters. The number of para-hydroxylation sites is 1. The molecule has 0 fully saturated rings. The zero-order valence-electron chi connectivity index (χ0n) is 13.6. The number of oxazole rings is 1. The standard InChI is InChI=1S/C19H14N2O3S2/c22-17(12-25-19-21-15-8-4-5-9-16(15)26-19)23-10-14-11-24-18(20-14)13-6-2-1-3-7-13/h1-9,11H,10,12H2. The number of benzene rings is 2. The maximum Gasteiger partial charge on any atom is 0.316 e. The minimum absolute atomic E-state index is 0.0928. The molecule has 0 bridgehead atoms. The van der Waals surface area contributed by atoms with Crippen LogP contribution in [0.15, 0.2) is 69.6 Å². The number of nitrogens with zero attached hydrogens (tertiary/aromatic N) is 2. The van der Waals surface area contributed by atoms with E-state index in [-0.39, 0.29) is 18.3 Å². The minimum atomic E-state index is -0.307. The van der Waals surface area contributed by atoms with Crippen molar-refractivity contribution < 1.29 is 13.9 Å². The Morgan fingerprint density at radius 2 is 1.88 bits per heavy atom. The molecule has 2 heterocycles. The fourth-order valence-corrected chi connectivity index (χ4v) is 4.18. The average Bonchev–Trinajstić information content (AvgIpc) is 3.32. The molecule has 0 aliphatic carbocycles. The largest absolute Gasteiger partial charge is 0.458 e. The predicted molar refractivity (Wildman–Crippen MR) is 102 cm³/mol. The Balaban J connectivity index is 1.29. The third kappa shape index (κ3) is 3.95. The van der Waals surface area contributed by atoms with Crippen molar-refractivity contribution in [3.8, 4) is 11.5 Å². The Morgan fingerprint density at radius 1 is 1.08 bits per heavy atom. The molecule has 0 atom stereocenters. The van der Waals surface area contributed by atoms with Crippen LogP contribution in [0.3, 0.4) is 0 Å². The van der Waals surface area contributed by atoms with Gasteiger partial charge in [0.15, 0.2) is 4.34 Å². The van der Waals surface area contributed by atoms with Crippen LogP contribution >= 0.6 is 23.1 Å². The molecular formula is C19H14N2O3S2. The lowest BCUT2D eigenvalue weighted by molar-refractivity contribution is -0.141. The van der Waals surface area contributed by atoms with Gasteiger partial charge >= 0.3 is 5.97 Å². The van der Waals surface area contributed by atoms with Crippen molar-refractivity contribution in [3.05, 3.63) is 66.6 Å². The Morgan fingerprint density at radius 3 is 2.73 bits per heavy atom. The molecule has 0 spiro atoms. The van der Waals surface area contributed by atoms with E-state index in [1.54, 1.807) is 11.3 Å². The van der Waals surface area contributed by atoms with E-state index in [0.717, 1.165) is 20.1 Å². The molecular weight excluding hydrogens is 368 g/mol. The van der Waals surface area contributed by atoms with Gasteiger partial charge in [0, 0.05) is 5.56 Å². The van der Waals surface area contributed by atoms with Crippen molar-refractivity contribution in [1.82, 2.24) is 9.97 Å². The first-order valence-electron chi connectivity index (χ1n) is 7.92. The first kappa shape index (κ1) is 16.8. The van der Waals surface area contributed by atoms with Gasteiger partial charge in [-0.3, -0.25) is 4.79 Å². The van der Waals surface area contributed by atoms with Gasteiger partial charge in [-0.05, 0) is 24.3 Å². The van der Waals surface area contributed by atoms with E-state index < -0.39 is 0 Å². The molecule has 2 aromatic carbocycles. The molecule has 0 aliphatic heterocycles. The van der Waals surface area contributed by atoms with E-state index in [2.05, 4.69) is 9.97 Å². The summed E-state index contributed by atoms with van der Waals surface area (Å²) in [7, 11) is 0. The number of thiazole rings is 1. The lowest BCUT2D eigenvalue weighted by atomic mass is 10.2. The van der Waals surface area contributed by atoms with E-state index in [4.69, 9.17) is 9.15 Å². The molecule has 4 aromatic rings. The first-order chi connectivity index (χ1) is 12.8. The van der Waals surface area contributed by atoms with Gasteiger partial charge < -0.3 is 9.15 Å². The Kier molecular flexibility index (Phi) is 4.99. The number of esters is 1. The normalized spacial score (nSPS) is 10.9. The van der Waals surface area contributed by atoms with Gasteiger partial charge in [0.25, 0.3) is 0 Å². The molecule has 0 saturated heterocycles. The summed E-state index contributed by atoms with van der Waals surface area (Å²) in [5.74, 6) is 0.419. The van der Waals surface area contributed by atoms with Gasteiger partial charge in [-0.25, -0.2) is 9.97 Å². The van der Waals surface area contributed by atoms with Crippen LogP contribution in [-0.4, -0.2) is 21.7 Å². The summed E-state index contributed by atoms with van der Waals surface area (Å²) in [6.07, 6.45) is 1.51. The number of carbonyl (C=O) groups excluding carboxylic acids is 1. The van der Waals surface area contributed by atoms with Gasteiger partial charge in [-0.1, -0.05) is 42.1 Å². The fraction of sp³-hybridized carbons (Fsp3) is 0.105. The van der Waals surface area contributed by atoms with Crippen LogP contribution in [0.25, 0.3) is 21.7 Å². The second-order valence-electron chi connectivity index (χ2n) is 5.41. The molecule has 0 N–H and O–H groups in total. The molecule has 4 rings (SSSR count). The summed E-state index contributed by atoms with van der Waals surface area (Å²) in [6.45, 7) is 0.0928. The van der Waals surface area contributed by atoms with E-state index in [1.807, 2.05) is 54.6 Å². The molecule has 0 saturated carbocycles. The van der Waals surface area contributed by atoms with E-state index in [0.29, 0.717) is 11.6 Å². The smallest absolute Gasteiger partial charge is 0.316 e. The van der Waals surface area contributed by atoms with Crippen LogP contribution in [0.5, 0.6) is 0 Å². The van der Waals surface area contributed by atoms with Crippen LogP contribution in [0.4, 0.5) is 0 Å². The van der Waals surface area contributed by atoms with Crippen molar-refractivity contribution in [3.63, 3.8) is 0 Å². The maximum atomic E-state index is 12.0. The van der Waals surface area contributed by atoms with Crippen molar-refractivity contribution in [2.75, 3.05) is 5.75 Å². The van der Waals surface area contributed by atoms with Crippen LogP contribution in [0.1, 0.15) is 5.69 Å². The number of fused-ring (bicyclic) bond motifs is 1. The minimum Gasteiger partial charge on any atom is -0.458 e. The first-order valence-corrected chi connectivity index (χ1v) is 9.72. The molecule has 26 heavy (non-hydrogen) atoms. The summed E-state index contributed by atoms with van der Waals surface area (Å²) >= 11 is 2.95. The van der Waals surface area contributed by atoms with Gasteiger partial charge in [0.05, 0.1) is 16.0 Å². The number of carbonyl (C=O) groups is 1. The summed E-state index contributed by atoms with van der Waals surface area (Å²) < 4.78 is 12.7. The zero-order chi connectivity index (χ0) is 17.8. The zero-order valence-corrected chi connectivity index (χ0v) is 15.3. The van der Waals surface area contributed by atoms with E-state index in [9.17, 15) is 4.79 Å². The Bertz CT molecular complexity index is 994. The lowest BCUT2D eigenvalue weighted by Crippen LogP contribution is -2.07. The van der Waals surface area contributed by atoms with Crippen LogP contribution in [0.2, 0.25) is 0 Å². The fourth-order valence-electron chi connectivity index (χ4n) is 2.32. The second-order valence-corrected chi connectivity index (χ2v) is 7.66. The molecule has 7 heteroatoms. The molecule has 5 nitrogen and oxygen atoms in total. The van der Waals surface area contributed by atoms with Gasteiger partial charge in [0.2, 0.25) is 5.89 Å². The number of hydrogen-bond acceptors (Lipinski definition) is 7. The SMILES string of the molecule is O=C(CSc1nc2ccccc2s1)OCc1coc(-c2ccccc2)n1. The molecule has 2 aromatic heterocycles. The molecule has 0 aliphatic rings. The summed E-state index contributed by atoms with van der Waals surface area (Å²) in [5.41, 5.74) is 2.42. The third-order valence-corrected chi connectivity index (χ3v) is 5.69. The van der Waals surface area contributed by atoms with Crippen molar-refractivity contribution in [1.29, 1.82) is 0 Å². The average molecular weight is 382 g/mol. The van der Waals surface area contributed by atoms with Crippen molar-refractivity contribution in [2.45, 2.75) is 10.9 Å². The monoisotopic (exact) mass is 382 g/mol. The number of ether oxygens (including phenoxy) is 1. The van der Waals surface area contributed by atoms with Crippen LogP contribution < -0.4 is 0 Å². The van der Waals surface area contributed by atoms with E-state index in [1.165, 1.54) is 18.0 Å². The number of aromatic nitrogens is 2. The van der Waals surface area contributed by atoms with Crippen molar-refractivity contribution in [2.24, 2.45) is 0 Å². The van der Waals surface area contributed by atoms with Crippen LogP contribution in [-0.2, 0) is 16.1 Å². The highest BCUT2D eigenvalue weighted by molar-refractivity contribution is 8.01.